The van der Waals surface area contributed by atoms with E-state index in [9.17, 15) is 8.42 Å². The molecule has 1 aliphatic carbocycles. The largest absolute Gasteiger partial charge is 0.243 e. The lowest BCUT2D eigenvalue weighted by atomic mass is 9.79. The van der Waals surface area contributed by atoms with Crippen molar-refractivity contribution in [2.75, 3.05) is 6.54 Å². The number of hydrogen-bond acceptors (Lipinski definition) is 5. The van der Waals surface area contributed by atoms with Crippen molar-refractivity contribution in [2.45, 2.75) is 49.5 Å². The van der Waals surface area contributed by atoms with Crippen LogP contribution in [0.2, 0.25) is 0 Å². The van der Waals surface area contributed by atoms with Crippen LogP contribution in [0.15, 0.2) is 35.5 Å². The molecule has 2 aromatic rings. The molecule has 24 heavy (non-hydrogen) atoms. The average molecular weight is 347 g/mol. The van der Waals surface area contributed by atoms with E-state index in [0.717, 1.165) is 37.8 Å². The van der Waals surface area contributed by atoms with Gasteiger partial charge in [-0.05, 0) is 66.3 Å². The molecule has 2 heterocycles. The molecule has 128 valence electrons. The van der Waals surface area contributed by atoms with Crippen molar-refractivity contribution in [3.63, 3.8) is 0 Å². The standard InChI is InChI=1S/C16H21N5O2S/c22-24(23,21-11-3-5-13-4-1-2-6-16(13)21)15-9-7-14(8-10-15)20-12-17-18-19-20/h7-10,12-13,16H,1-6,11H2/t13-,16+/m1/s1. The Labute approximate surface area is 141 Å². The van der Waals surface area contributed by atoms with E-state index in [2.05, 4.69) is 15.5 Å². The lowest BCUT2D eigenvalue weighted by Crippen LogP contribution is -2.49. The van der Waals surface area contributed by atoms with Crippen LogP contribution in [0, 0.1) is 5.92 Å². The van der Waals surface area contributed by atoms with Crippen LogP contribution in [0.4, 0.5) is 0 Å². The minimum absolute atomic E-state index is 0.177. The van der Waals surface area contributed by atoms with E-state index in [4.69, 9.17) is 0 Å². The first kappa shape index (κ1) is 15.7. The molecule has 2 fully saturated rings. The maximum atomic E-state index is 13.1. The number of hydrogen-bond donors (Lipinski definition) is 0. The summed E-state index contributed by atoms with van der Waals surface area (Å²) in [5.74, 6) is 0.530. The monoisotopic (exact) mass is 347 g/mol. The third-order valence-electron chi connectivity index (χ3n) is 5.25. The van der Waals surface area contributed by atoms with Gasteiger partial charge in [-0.15, -0.1) is 5.10 Å². The second-order valence-electron chi connectivity index (χ2n) is 6.62. The van der Waals surface area contributed by atoms with Crippen molar-refractivity contribution >= 4 is 10.0 Å². The highest BCUT2D eigenvalue weighted by molar-refractivity contribution is 7.89. The Kier molecular flexibility index (Phi) is 4.09. The first-order valence-corrected chi connectivity index (χ1v) is 9.95. The van der Waals surface area contributed by atoms with Crippen LogP contribution < -0.4 is 0 Å². The van der Waals surface area contributed by atoms with E-state index >= 15 is 0 Å². The molecule has 1 aromatic heterocycles. The maximum Gasteiger partial charge on any atom is 0.243 e. The first-order valence-electron chi connectivity index (χ1n) is 8.51. The number of piperidine rings is 1. The second kappa shape index (κ2) is 6.25. The number of fused-ring (bicyclic) bond motifs is 1. The number of aromatic nitrogens is 4. The van der Waals surface area contributed by atoms with Crippen LogP contribution in [0.25, 0.3) is 5.69 Å². The van der Waals surface area contributed by atoms with E-state index in [1.54, 1.807) is 28.6 Å². The Morgan fingerprint density at radius 3 is 2.50 bits per heavy atom. The minimum Gasteiger partial charge on any atom is -0.207 e. The Hall–Kier alpha value is -1.80. The van der Waals surface area contributed by atoms with Crippen molar-refractivity contribution in [2.24, 2.45) is 5.92 Å². The van der Waals surface area contributed by atoms with E-state index in [1.807, 2.05) is 0 Å². The zero-order valence-corrected chi connectivity index (χ0v) is 14.3. The number of rotatable bonds is 3. The molecule has 7 nitrogen and oxygen atoms in total. The van der Waals surface area contributed by atoms with Gasteiger partial charge in [0.05, 0.1) is 10.6 Å². The van der Waals surface area contributed by atoms with E-state index in [-0.39, 0.29) is 6.04 Å². The molecule has 0 bridgehead atoms. The zero-order valence-electron chi connectivity index (χ0n) is 13.5. The first-order chi connectivity index (χ1) is 11.7. The highest BCUT2D eigenvalue weighted by Gasteiger charge is 2.39. The summed E-state index contributed by atoms with van der Waals surface area (Å²) in [5.41, 5.74) is 0.744. The van der Waals surface area contributed by atoms with Gasteiger partial charge in [0.1, 0.15) is 6.33 Å². The van der Waals surface area contributed by atoms with Crippen molar-refractivity contribution in [3.05, 3.63) is 30.6 Å². The number of benzene rings is 1. The summed E-state index contributed by atoms with van der Waals surface area (Å²) in [6.07, 6.45) is 8.13. The maximum absolute atomic E-state index is 13.1. The van der Waals surface area contributed by atoms with Crippen LogP contribution >= 0.6 is 0 Å². The van der Waals surface area contributed by atoms with Crippen molar-refractivity contribution in [3.8, 4) is 5.69 Å². The summed E-state index contributed by atoms with van der Waals surface area (Å²) in [7, 11) is -3.45. The summed E-state index contributed by atoms with van der Waals surface area (Å²) in [6, 6.07) is 6.96. The molecule has 8 heteroatoms. The van der Waals surface area contributed by atoms with Crippen molar-refractivity contribution in [1.29, 1.82) is 0 Å². The average Bonchev–Trinajstić information content (AvgIpc) is 3.16. The van der Waals surface area contributed by atoms with Gasteiger partial charge in [0.15, 0.2) is 0 Å². The predicted octanol–water partition coefficient (Wildman–Crippen LogP) is 2.01. The van der Waals surface area contributed by atoms with Gasteiger partial charge in [0.2, 0.25) is 10.0 Å². The molecule has 1 saturated heterocycles. The normalized spacial score (nSPS) is 25.3. The summed E-state index contributed by atoms with van der Waals surface area (Å²) in [6.45, 7) is 0.637. The second-order valence-corrected chi connectivity index (χ2v) is 8.51. The van der Waals surface area contributed by atoms with Crippen molar-refractivity contribution in [1.82, 2.24) is 24.5 Å². The molecule has 0 unspecified atom stereocenters. The summed E-state index contributed by atoms with van der Waals surface area (Å²) in [4.78, 5) is 0.352. The summed E-state index contributed by atoms with van der Waals surface area (Å²) in [5, 5.41) is 11.0. The van der Waals surface area contributed by atoms with Gasteiger partial charge >= 0.3 is 0 Å². The number of tetrazole rings is 1. The Balaban J connectivity index is 1.62. The van der Waals surface area contributed by atoms with Gasteiger partial charge in [0, 0.05) is 12.6 Å². The highest BCUT2D eigenvalue weighted by Crippen LogP contribution is 2.38. The Bertz CT molecular complexity index is 786. The van der Waals surface area contributed by atoms with Gasteiger partial charge in [0.25, 0.3) is 0 Å². The van der Waals surface area contributed by atoms with E-state index in [0.29, 0.717) is 17.4 Å². The van der Waals surface area contributed by atoms with Gasteiger partial charge in [-0.3, -0.25) is 0 Å². The fourth-order valence-corrected chi connectivity index (χ4v) is 5.82. The van der Waals surface area contributed by atoms with Crippen molar-refractivity contribution < 1.29 is 8.42 Å². The van der Waals surface area contributed by atoms with E-state index < -0.39 is 10.0 Å². The van der Waals surface area contributed by atoms with Crippen LogP contribution in [0.1, 0.15) is 38.5 Å². The fourth-order valence-electron chi connectivity index (χ4n) is 4.06. The molecule has 0 N–H and O–H groups in total. The van der Waals surface area contributed by atoms with Crippen LogP contribution in [-0.4, -0.2) is 45.5 Å². The van der Waals surface area contributed by atoms with Crippen LogP contribution in [0.5, 0.6) is 0 Å². The fraction of sp³-hybridized carbons (Fsp3) is 0.562. The lowest BCUT2D eigenvalue weighted by Gasteiger charge is -2.43. The van der Waals surface area contributed by atoms with Gasteiger partial charge < -0.3 is 0 Å². The SMILES string of the molecule is O=S(=O)(c1ccc(-n2cnnn2)cc1)N1CCC[C@H]2CCCC[C@@H]21. The summed E-state index contributed by atoms with van der Waals surface area (Å²) < 4.78 is 29.5. The molecule has 1 aromatic carbocycles. The van der Waals surface area contributed by atoms with E-state index in [1.165, 1.54) is 17.4 Å². The Morgan fingerprint density at radius 1 is 1.00 bits per heavy atom. The molecule has 1 saturated carbocycles. The van der Waals surface area contributed by atoms with Gasteiger partial charge in [-0.2, -0.15) is 4.31 Å². The lowest BCUT2D eigenvalue weighted by molar-refractivity contribution is 0.129. The zero-order chi connectivity index (χ0) is 16.6. The topological polar surface area (TPSA) is 81.0 Å². The number of nitrogens with zero attached hydrogens (tertiary/aromatic N) is 5. The van der Waals surface area contributed by atoms with Gasteiger partial charge in [-0.1, -0.05) is 12.8 Å². The minimum atomic E-state index is -3.45. The highest BCUT2D eigenvalue weighted by atomic mass is 32.2. The molecule has 0 amide bonds. The molecular formula is C16H21N5O2S. The number of sulfonamides is 1. The molecule has 2 aliphatic rings. The smallest absolute Gasteiger partial charge is 0.207 e. The molecule has 2 atom stereocenters. The molecule has 1 aliphatic heterocycles. The molecule has 4 rings (SSSR count). The third-order valence-corrected chi connectivity index (χ3v) is 7.19. The van der Waals surface area contributed by atoms with Crippen LogP contribution in [-0.2, 0) is 10.0 Å². The molecular weight excluding hydrogens is 326 g/mol. The molecule has 0 spiro atoms. The molecule has 0 radical (unpaired) electrons. The third kappa shape index (κ3) is 2.73. The van der Waals surface area contributed by atoms with Gasteiger partial charge in [-0.25, -0.2) is 13.1 Å². The van der Waals surface area contributed by atoms with Crippen LogP contribution in [0.3, 0.4) is 0 Å². The Morgan fingerprint density at radius 2 is 1.75 bits per heavy atom. The summed E-state index contributed by atoms with van der Waals surface area (Å²) >= 11 is 0. The predicted molar refractivity (Wildman–Crippen MR) is 88.0 cm³/mol. The quantitative estimate of drug-likeness (QED) is 0.848.